The normalized spacial score (nSPS) is 9.07. The van der Waals surface area contributed by atoms with Gasteiger partial charge in [-0.25, -0.2) is 9.59 Å². The van der Waals surface area contributed by atoms with Crippen LogP contribution >= 0.6 is 0 Å². The number of carbonyl (C=O) groups excluding carboxylic acids is 2. The maximum atomic E-state index is 11.1. The summed E-state index contributed by atoms with van der Waals surface area (Å²) in [5.74, 6) is -0.692. The topological polar surface area (TPSA) is 72.8 Å². The van der Waals surface area contributed by atoms with Gasteiger partial charge >= 0.3 is 11.9 Å². The number of rotatable bonds is 11. The predicted molar refractivity (Wildman–Crippen MR) is 124 cm³/mol. The molecule has 1 rings (SSSR count). The van der Waals surface area contributed by atoms with Gasteiger partial charge in [-0.3, -0.25) is 0 Å². The lowest BCUT2D eigenvalue weighted by atomic mass is 10.2. The third-order valence-electron chi connectivity index (χ3n) is 3.65. The molecule has 168 valence electrons. The molecule has 1 aromatic rings. The first-order valence-corrected chi connectivity index (χ1v) is 10.3. The molecule has 0 saturated heterocycles. The minimum absolute atomic E-state index is 0.0473. The molecule has 0 saturated carbocycles. The summed E-state index contributed by atoms with van der Waals surface area (Å²) in [6.07, 6.45) is 7.04. The summed E-state index contributed by atoms with van der Waals surface area (Å²) in [7, 11) is 0. The van der Waals surface area contributed by atoms with Gasteiger partial charge in [-0.05, 0) is 25.3 Å². The van der Waals surface area contributed by atoms with E-state index in [2.05, 4.69) is 31.4 Å². The zero-order valence-corrected chi connectivity index (χ0v) is 18.8. The van der Waals surface area contributed by atoms with Gasteiger partial charge in [0.25, 0.3) is 0 Å². The van der Waals surface area contributed by atoms with Crippen molar-refractivity contribution < 1.29 is 24.2 Å². The molecule has 1 N–H and O–H groups in total. The molecule has 0 fully saturated rings. The molecule has 0 spiro atoms. The minimum atomic E-state index is -0.455. The van der Waals surface area contributed by atoms with Crippen LogP contribution in [-0.2, 0) is 19.1 Å². The van der Waals surface area contributed by atoms with Gasteiger partial charge in [0.2, 0.25) is 0 Å². The van der Waals surface area contributed by atoms with Gasteiger partial charge < -0.3 is 14.6 Å². The lowest BCUT2D eigenvalue weighted by molar-refractivity contribution is -0.140. The number of aliphatic hydroxyl groups excluding tert-OH is 1. The highest BCUT2D eigenvalue weighted by Gasteiger charge is 2.04. The Morgan fingerprint density at radius 2 is 1.57 bits per heavy atom. The van der Waals surface area contributed by atoms with Crippen molar-refractivity contribution in [2.24, 2.45) is 0 Å². The number of hydrogen-bond acceptors (Lipinski definition) is 5. The first kappa shape index (κ1) is 29.5. The smallest absolute Gasteiger partial charge is 0.333 e. The zero-order chi connectivity index (χ0) is 23.2. The number of aliphatic hydroxyl groups is 1. The van der Waals surface area contributed by atoms with E-state index in [1.807, 2.05) is 43.3 Å². The minimum Gasteiger partial charge on any atom is -0.462 e. The molecule has 0 aliphatic carbocycles. The summed E-state index contributed by atoms with van der Waals surface area (Å²) in [5.41, 5.74) is 2.09. The summed E-state index contributed by atoms with van der Waals surface area (Å²) in [6.45, 7) is 16.7. The van der Waals surface area contributed by atoms with Crippen molar-refractivity contribution in [2.75, 3.05) is 19.8 Å². The predicted octanol–water partition coefficient (Wildman–Crippen LogP) is 5.50. The Labute approximate surface area is 182 Å². The van der Waals surface area contributed by atoms with E-state index in [9.17, 15) is 9.59 Å². The molecule has 0 aliphatic rings. The third kappa shape index (κ3) is 18.7. The van der Waals surface area contributed by atoms with Crippen molar-refractivity contribution in [3.63, 3.8) is 0 Å². The van der Waals surface area contributed by atoms with Crippen molar-refractivity contribution in [3.05, 3.63) is 66.8 Å². The van der Waals surface area contributed by atoms with Crippen LogP contribution in [0.5, 0.6) is 0 Å². The molecule has 5 nitrogen and oxygen atoms in total. The highest BCUT2D eigenvalue weighted by atomic mass is 16.5. The Bertz CT molecular complexity index is 620. The molecule has 0 unspecified atom stereocenters. The van der Waals surface area contributed by atoms with E-state index in [-0.39, 0.29) is 19.2 Å². The van der Waals surface area contributed by atoms with E-state index < -0.39 is 5.97 Å². The third-order valence-corrected chi connectivity index (χ3v) is 3.65. The van der Waals surface area contributed by atoms with Crippen LogP contribution in [0.1, 0.15) is 58.4 Å². The molecular formula is C25H38O5. The lowest BCUT2D eigenvalue weighted by Crippen LogP contribution is -2.08. The summed E-state index contributed by atoms with van der Waals surface area (Å²) in [5, 5.41) is 8.19. The summed E-state index contributed by atoms with van der Waals surface area (Å²) in [6, 6.07) is 10.0. The van der Waals surface area contributed by atoms with Crippen molar-refractivity contribution in [1.29, 1.82) is 0 Å². The summed E-state index contributed by atoms with van der Waals surface area (Å²) >= 11 is 0. The summed E-state index contributed by atoms with van der Waals surface area (Å²) in [4.78, 5) is 21.6. The van der Waals surface area contributed by atoms with Gasteiger partial charge in [0.1, 0.15) is 6.61 Å². The zero-order valence-electron chi connectivity index (χ0n) is 18.8. The quantitative estimate of drug-likeness (QED) is 0.292. The second-order valence-corrected chi connectivity index (χ2v) is 6.41. The standard InChI is InChI=1S/C11H20O2.C8H8.C6H10O3/c1-4-6-7-8-9-13-11(12)10(3)5-2;1-2-8-6-4-3-5-7-8;1-5(2)6(8)9-4-3-7/h3-9H2,1-2H3;2-7H,1H2;7H,1,3-4H2,2H3. The molecule has 0 aliphatic heterocycles. The van der Waals surface area contributed by atoms with Crippen molar-refractivity contribution in [2.45, 2.75) is 52.9 Å². The molecule has 1 aromatic carbocycles. The van der Waals surface area contributed by atoms with Crippen LogP contribution in [0, 0.1) is 0 Å². The van der Waals surface area contributed by atoms with Crippen molar-refractivity contribution in [3.8, 4) is 0 Å². The maximum Gasteiger partial charge on any atom is 0.333 e. The van der Waals surface area contributed by atoms with E-state index in [4.69, 9.17) is 9.84 Å². The number of carbonyl (C=O) groups is 2. The second kappa shape index (κ2) is 21.1. The summed E-state index contributed by atoms with van der Waals surface area (Å²) < 4.78 is 9.47. The van der Waals surface area contributed by atoms with Crippen LogP contribution < -0.4 is 0 Å². The fourth-order valence-corrected chi connectivity index (χ4v) is 1.79. The van der Waals surface area contributed by atoms with E-state index in [1.54, 1.807) is 6.92 Å². The first-order valence-electron chi connectivity index (χ1n) is 10.3. The van der Waals surface area contributed by atoms with Gasteiger partial charge in [-0.15, -0.1) is 0 Å². The van der Waals surface area contributed by atoms with Crippen LogP contribution in [0.2, 0.25) is 0 Å². The largest absolute Gasteiger partial charge is 0.462 e. The first-order chi connectivity index (χ1) is 14.3. The number of unbranched alkanes of at least 4 members (excludes halogenated alkanes) is 3. The Hall–Kier alpha value is -2.66. The van der Waals surface area contributed by atoms with Gasteiger partial charge in [0, 0.05) is 11.1 Å². The van der Waals surface area contributed by atoms with Crippen LogP contribution in [0.4, 0.5) is 0 Å². The van der Waals surface area contributed by atoms with E-state index in [1.165, 1.54) is 18.4 Å². The van der Waals surface area contributed by atoms with Crippen LogP contribution in [0.25, 0.3) is 6.08 Å². The van der Waals surface area contributed by atoms with Crippen molar-refractivity contribution >= 4 is 18.0 Å². The fraction of sp³-hybridized carbons (Fsp3) is 0.440. The highest BCUT2D eigenvalue weighted by molar-refractivity contribution is 5.87. The average molecular weight is 419 g/mol. The Morgan fingerprint density at radius 1 is 0.967 bits per heavy atom. The molecule has 0 heterocycles. The molecule has 5 heteroatoms. The van der Waals surface area contributed by atoms with E-state index >= 15 is 0 Å². The van der Waals surface area contributed by atoms with E-state index in [0.29, 0.717) is 24.2 Å². The second-order valence-electron chi connectivity index (χ2n) is 6.41. The molecule has 0 atom stereocenters. The SMILES string of the molecule is C=C(C)C(=O)OCCO.C=C(CC)C(=O)OCCCCCC.C=Cc1ccccc1. The molecule has 30 heavy (non-hydrogen) atoms. The van der Waals surface area contributed by atoms with E-state index in [0.717, 1.165) is 12.8 Å². The van der Waals surface area contributed by atoms with Crippen LogP contribution in [-0.4, -0.2) is 36.9 Å². The Morgan fingerprint density at radius 3 is 2.00 bits per heavy atom. The number of esters is 2. The number of benzene rings is 1. The number of hydrogen-bond donors (Lipinski definition) is 1. The number of ether oxygens (including phenoxy) is 2. The molecule has 0 radical (unpaired) electrons. The van der Waals surface area contributed by atoms with Gasteiger partial charge in [-0.2, -0.15) is 0 Å². The van der Waals surface area contributed by atoms with Crippen LogP contribution in [0.3, 0.4) is 0 Å². The molecule has 0 amide bonds. The molecule has 0 bridgehead atoms. The van der Waals surface area contributed by atoms with Gasteiger partial charge in [0.05, 0.1) is 13.2 Å². The molecular weight excluding hydrogens is 380 g/mol. The lowest BCUT2D eigenvalue weighted by Gasteiger charge is -2.04. The van der Waals surface area contributed by atoms with Gasteiger partial charge in [0.15, 0.2) is 0 Å². The Balaban J connectivity index is 0. The monoisotopic (exact) mass is 418 g/mol. The fourth-order valence-electron chi connectivity index (χ4n) is 1.79. The molecule has 0 aromatic heterocycles. The van der Waals surface area contributed by atoms with Crippen LogP contribution in [0.15, 0.2) is 61.2 Å². The van der Waals surface area contributed by atoms with Gasteiger partial charge in [-0.1, -0.05) is 89.3 Å². The Kier molecular flexibility index (Phi) is 20.7. The highest BCUT2D eigenvalue weighted by Crippen LogP contribution is 2.03. The maximum absolute atomic E-state index is 11.1. The van der Waals surface area contributed by atoms with Crippen molar-refractivity contribution in [1.82, 2.24) is 0 Å². The average Bonchev–Trinajstić information content (AvgIpc) is 2.77.